The van der Waals surface area contributed by atoms with E-state index in [0.717, 1.165) is 11.1 Å². The number of rotatable bonds is 4. The summed E-state index contributed by atoms with van der Waals surface area (Å²) in [5, 5.41) is 2.96. The van der Waals surface area contributed by atoms with E-state index in [1.165, 1.54) is 0 Å². The molecule has 0 fully saturated rings. The number of benzene rings is 2. The predicted molar refractivity (Wildman–Crippen MR) is 89.0 cm³/mol. The molecule has 1 atom stereocenters. The van der Waals surface area contributed by atoms with Gasteiger partial charge in [0.05, 0.1) is 6.04 Å². The molecule has 4 nitrogen and oxygen atoms in total. The van der Waals surface area contributed by atoms with Gasteiger partial charge in [-0.15, -0.1) is 0 Å². The SMILES string of the molecule is Cc1oc(-c2ccccc2)nc1C(=O)NC(C)c1ccccc1. The molecule has 3 aromatic rings. The van der Waals surface area contributed by atoms with Crippen LogP contribution in [0, 0.1) is 6.92 Å². The Morgan fingerprint density at radius 2 is 1.65 bits per heavy atom. The molecule has 1 N–H and O–H groups in total. The van der Waals surface area contributed by atoms with Crippen LogP contribution in [-0.2, 0) is 0 Å². The first-order valence-corrected chi connectivity index (χ1v) is 7.54. The zero-order chi connectivity index (χ0) is 16.2. The molecule has 0 saturated carbocycles. The van der Waals surface area contributed by atoms with Gasteiger partial charge in [0.2, 0.25) is 5.89 Å². The fraction of sp³-hybridized carbons (Fsp3) is 0.158. The van der Waals surface area contributed by atoms with Gasteiger partial charge < -0.3 is 9.73 Å². The summed E-state index contributed by atoms with van der Waals surface area (Å²) in [6.45, 7) is 3.70. The van der Waals surface area contributed by atoms with E-state index in [1.807, 2.05) is 67.6 Å². The van der Waals surface area contributed by atoms with Gasteiger partial charge in [-0.3, -0.25) is 4.79 Å². The highest BCUT2D eigenvalue weighted by molar-refractivity contribution is 5.93. The summed E-state index contributed by atoms with van der Waals surface area (Å²) >= 11 is 0. The van der Waals surface area contributed by atoms with Crippen molar-refractivity contribution < 1.29 is 9.21 Å². The molecule has 2 aromatic carbocycles. The summed E-state index contributed by atoms with van der Waals surface area (Å²) in [5.41, 5.74) is 2.22. The molecular weight excluding hydrogens is 288 g/mol. The molecule has 0 aliphatic heterocycles. The molecule has 1 heterocycles. The van der Waals surface area contributed by atoms with Gasteiger partial charge in [0.15, 0.2) is 5.69 Å². The van der Waals surface area contributed by atoms with Crippen molar-refractivity contribution >= 4 is 5.91 Å². The summed E-state index contributed by atoms with van der Waals surface area (Å²) in [6.07, 6.45) is 0. The molecule has 1 amide bonds. The van der Waals surface area contributed by atoms with Crippen LogP contribution >= 0.6 is 0 Å². The minimum Gasteiger partial charge on any atom is -0.441 e. The lowest BCUT2D eigenvalue weighted by Crippen LogP contribution is -2.27. The van der Waals surface area contributed by atoms with E-state index in [1.54, 1.807) is 6.92 Å². The maximum absolute atomic E-state index is 12.5. The summed E-state index contributed by atoms with van der Waals surface area (Å²) in [4.78, 5) is 16.8. The number of hydrogen-bond donors (Lipinski definition) is 1. The molecule has 0 radical (unpaired) electrons. The third kappa shape index (κ3) is 3.31. The molecule has 4 heteroatoms. The maximum Gasteiger partial charge on any atom is 0.274 e. The molecule has 1 aromatic heterocycles. The quantitative estimate of drug-likeness (QED) is 0.788. The van der Waals surface area contributed by atoms with Gasteiger partial charge in [-0.2, -0.15) is 0 Å². The Bertz CT molecular complexity index is 795. The summed E-state index contributed by atoms with van der Waals surface area (Å²) in [6, 6.07) is 19.3. The molecular formula is C19H18N2O2. The Balaban J connectivity index is 1.79. The highest BCUT2D eigenvalue weighted by atomic mass is 16.4. The van der Waals surface area contributed by atoms with Crippen molar-refractivity contribution in [2.24, 2.45) is 0 Å². The zero-order valence-electron chi connectivity index (χ0n) is 13.1. The van der Waals surface area contributed by atoms with Gasteiger partial charge in [-0.25, -0.2) is 4.98 Å². The van der Waals surface area contributed by atoms with E-state index in [0.29, 0.717) is 17.3 Å². The fourth-order valence-corrected chi connectivity index (χ4v) is 2.40. The average Bonchev–Trinajstić information content (AvgIpc) is 2.98. The molecule has 0 bridgehead atoms. The monoisotopic (exact) mass is 306 g/mol. The van der Waals surface area contributed by atoms with Crippen LogP contribution in [0.3, 0.4) is 0 Å². The third-order valence-corrected chi connectivity index (χ3v) is 3.68. The lowest BCUT2D eigenvalue weighted by atomic mass is 10.1. The number of hydrogen-bond acceptors (Lipinski definition) is 3. The van der Waals surface area contributed by atoms with Gasteiger partial charge in [0.25, 0.3) is 5.91 Å². The molecule has 0 spiro atoms. The molecule has 0 saturated heterocycles. The van der Waals surface area contributed by atoms with Crippen LogP contribution in [0.25, 0.3) is 11.5 Å². The Hall–Kier alpha value is -2.88. The number of aryl methyl sites for hydroxylation is 1. The number of oxazole rings is 1. The summed E-state index contributed by atoms with van der Waals surface area (Å²) in [7, 11) is 0. The average molecular weight is 306 g/mol. The Morgan fingerprint density at radius 3 is 2.30 bits per heavy atom. The Morgan fingerprint density at radius 1 is 1.04 bits per heavy atom. The van der Waals surface area contributed by atoms with Gasteiger partial charge in [-0.1, -0.05) is 48.5 Å². The van der Waals surface area contributed by atoms with Gasteiger partial charge in [0.1, 0.15) is 5.76 Å². The first kappa shape index (κ1) is 15.0. The van der Waals surface area contributed by atoms with Gasteiger partial charge in [-0.05, 0) is 31.5 Å². The number of carbonyl (C=O) groups is 1. The molecule has 0 aliphatic rings. The minimum absolute atomic E-state index is 0.0972. The first-order chi connectivity index (χ1) is 11.1. The van der Waals surface area contributed by atoms with Crippen LogP contribution in [-0.4, -0.2) is 10.9 Å². The highest BCUT2D eigenvalue weighted by Crippen LogP contribution is 2.22. The van der Waals surface area contributed by atoms with Crippen molar-refractivity contribution in [3.8, 4) is 11.5 Å². The van der Waals surface area contributed by atoms with E-state index in [2.05, 4.69) is 10.3 Å². The van der Waals surface area contributed by atoms with Crippen molar-refractivity contribution in [2.75, 3.05) is 0 Å². The first-order valence-electron chi connectivity index (χ1n) is 7.54. The largest absolute Gasteiger partial charge is 0.441 e. The zero-order valence-corrected chi connectivity index (χ0v) is 13.1. The van der Waals surface area contributed by atoms with Crippen LogP contribution in [0.4, 0.5) is 0 Å². The molecule has 3 rings (SSSR count). The van der Waals surface area contributed by atoms with Gasteiger partial charge >= 0.3 is 0 Å². The lowest BCUT2D eigenvalue weighted by molar-refractivity contribution is 0.0934. The Kier molecular flexibility index (Phi) is 4.24. The fourth-order valence-electron chi connectivity index (χ4n) is 2.40. The molecule has 1 unspecified atom stereocenters. The maximum atomic E-state index is 12.5. The van der Waals surface area contributed by atoms with Crippen molar-refractivity contribution in [3.63, 3.8) is 0 Å². The van der Waals surface area contributed by atoms with Gasteiger partial charge in [0, 0.05) is 5.56 Å². The van der Waals surface area contributed by atoms with Crippen LogP contribution in [0.15, 0.2) is 65.1 Å². The van der Waals surface area contributed by atoms with E-state index < -0.39 is 0 Å². The van der Waals surface area contributed by atoms with Crippen molar-refractivity contribution in [3.05, 3.63) is 77.7 Å². The minimum atomic E-state index is -0.232. The van der Waals surface area contributed by atoms with E-state index >= 15 is 0 Å². The van der Waals surface area contributed by atoms with Crippen molar-refractivity contribution in [1.82, 2.24) is 10.3 Å². The second-order valence-corrected chi connectivity index (χ2v) is 5.40. The second kappa shape index (κ2) is 6.48. The molecule has 23 heavy (non-hydrogen) atoms. The van der Waals surface area contributed by atoms with E-state index in [9.17, 15) is 4.79 Å². The molecule has 116 valence electrons. The van der Waals surface area contributed by atoms with E-state index in [4.69, 9.17) is 4.42 Å². The smallest absolute Gasteiger partial charge is 0.274 e. The van der Waals surface area contributed by atoms with Crippen LogP contribution in [0.5, 0.6) is 0 Å². The lowest BCUT2D eigenvalue weighted by Gasteiger charge is -2.13. The summed E-state index contributed by atoms with van der Waals surface area (Å²) < 4.78 is 5.64. The number of nitrogens with zero attached hydrogens (tertiary/aromatic N) is 1. The highest BCUT2D eigenvalue weighted by Gasteiger charge is 2.19. The second-order valence-electron chi connectivity index (χ2n) is 5.40. The number of aromatic nitrogens is 1. The summed E-state index contributed by atoms with van der Waals surface area (Å²) in [5.74, 6) is 0.743. The standard InChI is InChI=1S/C19H18N2O2/c1-13(15-9-5-3-6-10-15)20-18(22)17-14(2)23-19(21-17)16-11-7-4-8-12-16/h3-13H,1-2H3,(H,20,22). The van der Waals surface area contributed by atoms with Crippen LogP contribution < -0.4 is 5.32 Å². The van der Waals surface area contributed by atoms with E-state index in [-0.39, 0.29) is 11.9 Å². The number of amides is 1. The normalized spacial score (nSPS) is 11.9. The number of nitrogens with one attached hydrogen (secondary N) is 1. The topological polar surface area (TPSA) is 55.1 Å². The third-order valence-electron chi connectivity index (χ3n) is 3.68. The predicted octanol–water partition coefficient (Wildman–Crippen LogP) is 4.14. The molecule has 0 aliphatic carbocycles. The van der Waals surface area contributed by atoms with Crippen LogP contribution in [0.1, 0.15) is 34.8 Å². The van der Waals surface area contributed by atoms with Crippen LogP contribution in [0.2, 0.25) is 0 Å². The number of carbonyl (C=O) groups excluding carboxylic acids is 1. The van der Waals surface area contributed by atoms with Crippen molar-refractivity contribution in [1.29, 1.82) is 0 Å². The Labute approximate surface area is 135 Å². The van der Waals surface area contributed by atoms with Crippen molar-refractivity contribution in [2.45, 2.75) is 19.9 Å².